The molecular weight excluding hydrogens is 326 g/mol. The molecule has 3 rings (SSSR count). The first-order valence-electron chi connectivity index (χ1n) is 8.06. The third-order valence-electron chi connectivity index (χ3n) is 4.24. The van der Waals surface area contributed by atoms with Gasteiger partial charge in [0.25, 0.3) is 5.91 Å². The standard InChI is InChI=1S/C17H21N3O3S/c1-10-15(24-12(3)18-10)11(2)19-16(21)13-6-4-8-20(13)17(22)14-7-5-9-23-14/h5,7,9,11,13H,4,6,8H2,1-3H3,(H,19,21)/t11-,13-/m0/s1. The van der Waals surface area contributed by atoms with Crippen LogP contribution in [0.4, 0.5) is 0 Å². The molecule has 1 fully saturated rings. The number of nitrogens with zero attached hydrogens (tertiary/aromatic N) is 2. The van der Waals surface area contributed by atoms with Gasteiger partial charge in [-0.05, 0) is 45.7 Å². The Hall–Kier alpha value is -2.15. The number of aryl methyl sites for hydroxylation is 2. The number of thiazole rings is 1. The van der Waals surface area contributed by atoms with Crippen molar-refractivity contribution in [2.24, 2.45) is 0 Å². The predicted molar refractivity (Wildman–Crippen MR) is 90.9 cm³/mol. The lowest BCUT2D eigenvalue weighted by molar-refractivity contribution is -0.125. The summed E-state index contributed by atoms with van der Waals surface area (Å²) in [5.41, 5.74) is 0.945. The number of likely N-dealkylation sites (tertiary alicyclic amines) is 1. The fraction of sp³-hybridized carbons (Fsp3) is 0.471. The second kappa shape index (κ2) is 6.76. The van der Waals surface area contributed by atoms with Crippen molar-refractivity contribution >= 4 is 23.2 Å². The van der Waals surface area contributed by atoms with Crippen LogP contribution in [0.3, 0.4) is 0 Å². The Morgan fingerprint density at radius 1 is 1.46 bits per heavy atom. The molecule has 1 N–H and O–H groups in total. The van der Waals surface area contributed by atoms with Crippen LogP contribution in [-0.2, 0) is 4.79 Å². The molecule has 0 bridgehead atoms. The van der Waals surface area contributed by atoms with Crippen LogP contribution in [0, 0.1) is 13.8 Å². The Bertz CT molecular complexity index is 738. The molecule has 0 radical (unpaired) electrons. The highest BCUT2D eigenvalue weighted by molar-refractivity contribution is 7.11. The summed E-state index contributed by atoms with van der Waals surface area (Å²) in [6, 6.07) is 2.74. The monoisotopic (exact) mass is 347 g/mol. The maximum Gasteiger partial charge on any atom is 0.290 e. The summed E-state index contributed by atoms with van der Waals surface area (Å²) in [7, 11) is 0. The van der Waals surface area contributed by atoms with Crippen LogP contribution < -0.4 is 5.32 Å². The average molecular weight is 347 g/mol. The lowest BCUT2D eigenvalue weighted by Gasteiger charge is -2.24. The number of carbonyl (C=O) groups is 2. The summed E-state index contributed by atoms with van der Waals surface area (Å²) in [5.74, 6) is -0.0721. The molecule has 0 unspecified atom stereocenters. The molecule has 7 heteroatoms. The molecule has 2 aromatic heterocycles. The molecule has 0 saturated carbocycles. The van der Waals surface area contributed by atoms with Crippen LogP contribution in [0.2, 0.25) is 0 Å². The van der Waals surface area contributed by atoms with Crippen molar-refractivity contribution in [3.63, 3.8) is 0 Å². The van der Waals surface area contributed by atoms with Gasteiger partial charge >= 0.3 is 0 Å². The first-order chi connectivity index (χ1) is 11.5. The number of hydrogen-bond acceptors (Lipinski definition) is 5. The van der Waals surface area contributed by atoms with Gasteiger partial charge in [0.2, 0.25) is 5.91 Å². The number of amides is 2. The molecule has 2 atom stereocenters. The third-order valence-corrected chi connectivity index (χ3v) is 5.50. The Labute approximate surface area is 144 Å². The van der Waals surface area contributed by atoms with E-state index in [0.29, 0.717) is 13.0 Å². The number of hydrogen-bond donors (Lipinski definition) is 1. The Morgan fingerprint density at radius 2 is 2.25 bits per heavy atom. The highest BCUT2D eigenvalue weighted by atomic mass is 32.1. The number of nitrogens with one attached hydrogen (secondary N) is 1. The van der Waals surface area contributed by atoms with E-state index in [-0.39, 0.29) is 23.6 Å². The van der Waals surface area contributed by atoms with E-state index in [1.54, 1.807) is 28.4 Å². The second-order valence-electron chi connectivity index (χ2n) is 6.05. The van der Waals surface area contributed by atoms with Crippen LogP contribution in [0.25, 0.3) is 0 Å². The number of rotatable bonds is 4. The summed E-state index contributed by atoms with van der Waals surface area (Å²) in [6.45, 7) is 6.43. The van der Waals surface area contributed by atoms with E-state index in [4.69, 9.17) is 4.42 Å². The van der Waals surface area contributed by atoms with Gasteiger partial charge in [-0.25, -0.2) is 4.98 Å². The van der Waals surface area contributed by atoms with Crippen LogP contribution in [0.5, 0.6) is 0 Å². The van der Waals surface area contributed by atoms with Gasteiger partial charge in [-0.3, -0.25) is 9.59 Å². The Morgan fingerprint density at radius 3 is 2.88 bits per heavy atom. The topological polar surface area (TPSA) is 75.4 Å². The largest absolute Gasteiger partial charge is 0.459 e. The van der Waals surface area contributed by atoms with E-state index < -0.39 is 6.04 Å². The van der Waals surface area contributed by atoms with Crippen LogP contribution in [-0.4, -0.2) is 34.3 Å². The molecule has 0 aliphatic carbocycles. The summed E-state index contributed by atoms with van der Waals surface area (Å²) < 4.78 is 5.18. The van der Waals surface area contributed by atoms with E-state index in [1.807, 2.05) is 20.8 Å². The maximum atomic E-state index is 12.7. The number of furan rings is 1. The molecule has 2 aromatic rings. The van der Waals surface area contributed by atoms with Gasteiger partial charge in [-0.15, -0.1) is 11.3 Å². The molecular formula is C17H21N3O3S. The molecule has 128 valence electrons. The van der Waals surface area contributed by atoms with Gasteiger partial charge in [-0.1, -0.05) is 0 Å². The van der Waals surface area contributed by atoms with Crippen LogP contribution in [0.15, 0.2) is 22.8 Å². The first-order valence-corrected chi connectivity index (χ1v) is 8.88. The zero-order valence-electron chi connectivity index (χ0n) is 14.0. The van der Waals surface area contributed by atoms with E-state index in [9.17, 15) is 9.59 Å². The van der Waals surface area contributed by atoms with Crippen molar-refractivity contribution in [1.82, 2.24) is 15.2 Å². The molecule has 1 aliphatic heterocycles. The summed E-state index contributed by atoms with van der Waals surface area (Å²) >= 11 is 1.59. The second-order valence-corrected chi connectivity index (χ2v) is 7.28. The van der Waals surface area contributed by atoms with E-state index in [0.717, 1.165) is 22.0 Å². The lowest BCUT2D eigenvalue weighted by Crippen LogP contribution is -2.46. The van der Waals surface area contributed by atoms with Gasteiger partial charge < -0.3 is 14.6 Å². The highest BCUT2D eigenvalue weighted by Crippen LogP contribution is 2.26. The minimum Gasteiger partial charge on any atom is -0.459 e. The predicted octanol–water partition coefficient (Wildman–Crippen LogP) is 2.83. The van der Waals surface area contributed by atoms with Crippen LogP contribution in [0.1, 0.15) is 51.9 Å². The van der Waals surface area contributed by atoms with Crippen molar-refractivity contribution in [3.05, 3.63) is 39.7 Å². The first kappa shape index (κ1) is 16.7. The molecule has 2 amide bonds. The van der Waals surface area contributed by atoms with Crippen molar-refractivity contribution in [3.8, 4) is 0 Å². The lowest BCUT2D eigenvalue weighted by atomic mass is 10.1. The zero-order valence-corrected chi connectivity index (χ0v) is 14.9. The van der Waals surface area contributed by atoms with Crippen molar-refractivity contribution in [2.45, 2.75) is 45.7 Å². The number of aromatic nitrogens is 1. The molecule has 3 heterocycles. The van der Waals surface area contributed by atoms with Gasteiger partial charge in [0, 0.05) is 11.4 Å². The van der Waals surface area contributed by atoms with Gasteiger partial charge in [-0.2, -0.15) is 0 Å². The summed E-state index contributed by atoms with van der Waals surface area (Å²) in [6.07, 6.45) is 2.96. The molecule has 0 aromatic carbocycles. The zero-order chi connectivity index (χ0) is 17.3. The fourth-order valence-corrected chi connectivity index (χ4v) is 4.08. The minimum absolute atomic E-state index is 0.120. The SMILES string of the molecule is Cc1nc(C)c([C@H](C)NC(=O)[C@@H]2CCCN2C(=O)c2ccco2)s1. The average Bonchev–Trinajstić information content (AvgIpc) is 3.26. The molecule has 6 nitrogen and oxygen atoms in total. The normalized spacial score (nSPS) is 18.6. The van der Waals surface area contributed by atoms with E-state index >= 15 is 0 Å². The van der Waals surface area contributed by atoms with Gasteiger partial charge in [0.1, 0.15) is 6.04 Å². The quantitative estimate of drug-likeness (QED) is 0.923. The van der Waals surface area contributed by atoms with Gasteiger partial charge in [0.05, 0.1) is 23.0 Å². The summed E-state index contributed by atoms with van der Waals surface area (Å²) in [4.78, 5) is 32.2. The maximum absolute atomic E-state index is 12.7. The smallest absolute Gasteiger partial charge is 0.290 e. The van der Waals surface area contributed by atoms with E-state index in [1.165, 1.54) is 6.26 Å². The van der Waals surface area contributed by atoms with Crippen LogP contribution >= 0.6 is 11.3 Å². The third kappa shape index (κ3) is 3.21. The van der Waals surface area contributed by atoms with E-state index in [2.05, 4.69) is 10.3 Å². The van der Waals surface area contributed by atoms with Gasteiger partial charge in [0.15, 0.2) is 5.76 Å². The molecule has 0 spiro atoms. The highest BCUT2D eigenvalue weighted by Gasteiger charge is 2.36. The Balaban J connectivity index is 1.69. The van der Waals surface area contributed by atoms with Crippen molar-refractivity contribution in [2.75, 3.05) is 6.54 Å². The molecule has 24 heavy (non-hydrogen) atoms. The van der Waals surface area contributed by atoms with Crippen molar-refractivity contribution < 1.29 is 14.0 Å². The Kier molecular flexibility index (Phi) is 4.71. The number of carbonyl (C=O) groups excluding carboxylic acids is 2. The van der Waals surface area contributed by atoms with Crippen molar-refractivity contribution in [1.29, 1.82) is 0 Å². The minimum atomic E-state index is -0.445. The fourth-order valence-electron chi connectivity index (χ4n) is 3.15. The molecule has 1 saturated heterocycles. The summed E-state index contributed by atoms with van der Waals surface area (Å²) in [5, 5.41) is 4.01. The molecule has 1 aliphatic rings.